The number of nitrogens with one attached hydrogen (secondary N) is 1. The van der Waals surface area contributed by atoms with Gasteiger partial charge in [0.25, 0.3) is 0 Å². The predicted molar refractivity (Wildman–Crippen MR) is 74.8 cm³/mol. The van der Waals surface area contributed by atoms with Gasteiger partial charge in [-0.15, -0.1) is 15.3 Å². The lowest BCUT2D eigenvalue weighted by Crippen LogP contribution is -1.90. The Hall–Kier alpha value is -2.42. The maximum absolute atomic E-state index is 12.9. The van der Waals surface area contributed by atoms with Crippen LogP contribution in [0.5, 0.6) is 0 Å². The van der Waals surface area contributed by atoms with Crippen LogP contribution >= 0.6 is 11.8 Å². The van der Waals surface area contributed by atoms with Gasteiger partial charge in [-0.1, -0.05) is 11.8 Å². The number of anilines is 1. The van der Waals surface area contributed by atoms with E-state index in [2.05, 4.69) is 25.4 Å². The fourth-order valence-electron chi connectivity index (χ4n) is 1.63. The second-order valence-electron chi connectivity index (χ2n) is 4.22. The number of thioether (sulfide) groups is 1. The molecule has 0 aliphatic heterocycles. The zero-order valence-electron chi connectivity index (χ0n) is 10.9. The first-order valence-electron chi connectivity index (χ1n) is 6.05. The molecule has 21 heavy (non-hydrogen) atoms. The molecule has 0 aliphatic carbocycles. The molecule has 3 rings (SSSR count). The van der Waals surface area contributed by atoms with Crippen LogP contribution in [0, 0.1) is 5.82 Å². The third-order valence-corrected chi connectivity index (χ3v) is 3.59. The van der Waals surface area contributed by atoms with E-state index >= 15 is 0 Å². The third kappa shape index (κ3) is 3.02. The molecule has 2 aromatic heterocycles. The molecule has 0 radical (unpaired) electrons. The largest absolute Gasteiger partial charge is 0.419 e. The van der Waals surface area contributed by atoms with Crippen molar-refractivity contribution in [3.63, 3.8) is 0 Å². The smallest absolute Gasteiger partial charge is 0.247 e. The van der Waals surface area contributed by atoms with E-state index in [1.54, 1.807) is 12.1 Å². The molecule has 3 aromatic rings. The van der Waals surface area contributed by atoms with Crippen LogP contribution in [0.4, 0.5) is 10.3 Å². The van der Waals surface area contributed by atoms with Crippen molar-refractivity contribution in [2.75, 3.05) is 5.73 Å². The molecular weight excluding hydrogens is 295 g/mol. The number of aromatic nitrogens is 5. The Balaban J connectivity index is 1.76. The molecule has 0 saturated carbocycles. The Bertz CT molecular complexity index is 740. The van der Waals surface area contributed by atoms with E-state index in [4.69, 9.17) is 10.2 Å². The Morgan fingerprint density at radius 3 is 2.71 bits per heavy atom. The molecule has 0 fully saturated rings. The maximum Gasteiger partial charge on any atom is 0.247 e. The first-order chi connectivity index (χ1) is 10.1. The van der Waals surface area contributed by atoms with Gasteiger partial charge in [0.2, 0.25) is 22.9 Å². The zero-order chi connectivity index (χ0) is 14.8. The molecule has 0 unspecified atom stereocenters. The molecule has 108 valence electrons. The number of nitrogens with two attached hydrogens (primary N) is 1. The van der Waals surface area contributed by atoms with Crippen molar-refractivity contribution in [3.05, 3.63) is 36.0 Å². The van der Waals surface area contributed by atoms with Crippen molar-refractivity contribution in [3.8, 4) is 11.5 Å². The van der Waals surface area contributed by atoms with Crippen molar-refractivity contribution < 1.29 is 8.81 Å². The average Bonchev–Trinajstić information content (AvgIpc) is 3.09. The second kappa shape index (κ2) is 5.52. The summed E-state index contributed by atoms with van der Waals surface area (Å²) in [6.07, 6.45) is 0. The Labute approximate surface area is 123 Å². The summed E-state index contributed by atoms with van der Waals surface area (Å²) in [5, 5.41) is 14.8. The summed E-state index contributed by atoms with van der Waals surface area (Å²) in [5.74, 6) is 0.710. The number of hydrogen-bond acceptors (Lipinski definition) is 7. The number of benzene rings is 1. The monoisotopic (exact) mass is 306 g/mol. The molecule has 3 N–H and O–H groups in total. The molecule has 0 spiro atoms. The lowest BCUT2D eigenvalue weighted by Gasteiger charge is -2.01. The molecule has 0 saturated heterocycles. The number of nitrogen functional groups attached to an aromatic ring is 1. The maximum atomic E-state index is 12.9. The standard InChI is InChI=1S/C12H11FN6OS/c1-6(21-12-15-11(14)18-19-12)9-16-17-10(20-9)7-2-4-8(13)5-3-7/h2-6H,1H3,(H3,14,15,18,19)/t6-/m0/s1. The minimum Gasteiger partial charge on any atom is -0.419 e. The van der Waals surface area contributed by atoms with Crippen LogP contribution in [0.15, 0.2) is 33.8 Å². The highest BCUT2D eigenvalue weighted by molar-refractivity contribution is 7.99. The number of aromatic amines is 1. The molecule has 1 aromatic carbocycles. The van der Waals surface area contributed by atoms with E-state index in [9.17, 15) is 4.39 Å². The van der Waals surface area contributed by atoms with E-state index in [0.717, 1.165) is 0 Å². The van der Waals surface area contributed by atoms with E-state index in [-0.39, 0.29) is 17.0 Å². The molecule has 2 heterocycles. The van der Waals surface area contributed by atoms with Crippen LogP contribution in [-0.4, -0.2) is 25.4 Å². The van der Waals surface area contributed by atoms with Gasteiger partial charge in [-0.3, -0.25) is 0 Å². The van der Waals surface area contributed by atoms with Crippen molar-refractivity contribution in [1.82, 2.24) is 25.4 Å². The first-order valence-corrected chi connectivity index (χ1v) is 6.93. The average molecular weight is 306 g/mol. The Morgan fingerprint density at radius 2 is 2.05 bits per heavy atom. The third-order valence-electron chi connectivity index (χ3n) is 2.64. The Morgan fingerprint density at radius 1 is 1.29 bits per heavy atom. The SMILES string of the molecule is C[C@H](Sc1n[nH]c(N)n1)c1nnc(-c2ccc(F)cc2)o1. The second-order valence-corrected chi connectivity index (χ2v) is 5.52. The molecule has 7 nitrogen and oxygen atoms in total. The van der Waals surface area contributed by atoms with Crippen molar-refractivity contribution in [2.24, 2.45) is 0 Å². The van der Waals surface area contributed by atoms with Crippen molar-refractivity contribution in [2.45, 2.75) is 17.3 Å². The molecule has 0 amide bonds. The van der Waals surface area contributed by atoms with Crippen LogP contribution in [0.25, 0.3) is 11.5 Å². The van der Waals surface area contributed by atoms with E-state index in [1.807, 2.05) is 6.92 Å². The fraction of sp³-hybridized carbons (Fsp3) is 0.167. The number of H-pyrrole nitrogens is 1. The van der Waals surface area contributed by atoms with Gasteiger partial charge in [0.1, 0.15) is 5.82 Å². The first kappa shape index (κ1) is 13.6. The van der Waals surface area contributed by atoms with Gasteiger partial charge in [0.05, 0.1) is 5.25 Å². The van der Waals surface area contributed by atoms with Gasteiger partial charge < -0.3 is 10.2 Å². The highest BCUT2D eigenvalue weighted by Gasteiger charge is 2.18. The minimum absolute atomic E-state index is 0.137. The predicted octanol–water partition coefficient (Wildman–Crippen LogP) is 2.43. The zero-order valence-corrected chi connectivity index (χ0v) is 11.8. The van der Waals surface area contributed by atoms with Gasteiger partial charge in [-0.25, -0.2) is 9.49 Å². The highest BCUT2D eigenvalue weighted by Crippen LogP contribution is 2.33. The Kier molecular flexibility index (Phi) is 3.57. The summed E-state index contributed by atoms with van der Waals surface area (Å²) in [4.78, 5) is 3.99. The summed E-state index contributed by atoms with van der Waals surface area (Å²) in [5.41, 5.74) is 6.12. The van der Waals surface area contributed by atoms with Crippen LogP contribution in [0.3, 0.4) is 0 Å². The quantitative estimate of drug-likeness (QED) is 0.713. The summed E-state index contributed by atoms with van der Waals surface area (Å²) in [6, 6.07) is 5.85. The molecule has 1 atom stereocenters. The van der Waals surface area contributed by atoms with Gasteiger partial charge in [0.15, 0.2) is 0 Å². The van der Waals surface area contributed by atoms with E-state index < -0.39 is 0 Å². The van der Waals surface area contributed by atoms with Crippen molar-refractivity contribution >= 4 is 17.7 Å². The van der Waals surface area contributed by atoms with Crippen molar-refractivity contribution in [1.29, 1.82) is 0 Å². The molecular formula is C12H11FN6OS. The minimum atomic E-state index is -0.315. The topological polar surface area (TPSA) is 107 Å². The number of rotatable bonds is 4. The number of halogens is 1. The van der Waals surface area contributed by atoms with Crippen LogP contribution in [-0.2, 0) is 0 Å². The van der Waals surface area contributed by atoms with Gasteiger partial charge in [-0.2, -0.15) is 4.98 Å². The van der Waals surface area contributed by atoms with E-state index in [0.29, 0.717) is 22.5 Å². The lowest BCUT2D eigenvalue weighted by molar-refractivity contribution is 0.509. The van der Waals surface area contributed by atoms with Gasteiger partial charge in [0, 0.05) is 5.56 Å². The highest BCUT2D eigenvalue weighted by atomic mass is 32.2. The van der Waals surface area contributed by atoms with E-state index in [1.165, 1.54) is 23.9 Å². The van der Waals surface area contributed by atoms with Crippen LogP contribution in [0.1, 0.15) is 18.1 Å². The molecule has 0 aliphatic rings. The lowest BCUT2D eigenvalue weighted by atomic mass is 10.2. The summed E-state index contributed by atoms with van der Waals surface area (Å²) in [7, 11) is 0. The summed E-state index contributed by atoms with van der Waals surface area (Å²) < 4.78 is 18.5. The molecule has 0 bridgehead atoms. The van der Waals surface area contributed by atoms with Crippen LogP contribution in [0.2, 0.25) is 0 Å². The summed E-state index contributed by atoms with van der Waals surface area (Å²) in [6.45, 7) is 1.89. The van der Waals surface area contributed by atoms with Crippen LogP contribution < -0.4 is 5.73 Å². The van der Waals surface area contributed by atoms with Gasteiger partial charge >= 0.3 is 0 Å². The number of nitrogens with zero attached hydrogens (tertiary/aromatic N) is 4. The number of hydrogen-bond donors (Lipinski definition) is 2. The normalized spacial score (nSPS) is 12.5. The summed E-state index contributed by atoms with van der Waals surface area (Å²) >= 11 is 1.34. The van der Waals surface area contributed by atoms with Gasteiger partial charge in [-0.05, 0) is 31.2 Å². The fourth-order valence-corrected chi connectivity index (χ4v) is 2.39. The molecule has 9 heteroatoms.